The highest BCUT2D eigenvalue weighted by Crippen LogP contribution is 2.63. The average molecular weight is 425 g/mol. The summed E-state index contributed by atoms with van der Waals surface area (Å²) in [4.78, 5) is 0.359. The maximum atomic E-state index is 11.0. The highest BCUT2D eigenvalue weighted by molar-refractivity contribution is 8.25. The molecule has 9 heteroatoms. The number of rotatable bonds is 4. The van der Waals surface area contributed by atoms with Crippen LogP contribution in [0.3, 0.4) is 0 Å². The van der Waals surface area contributed by atoms with E-state index in [2.05, 4.69) is 36.1 Å². The van der Waals surface area contributed by atoms with Gasteiger partial charge in [0.1, 0.15) is 10.4 Å². The molecule has 0 unspecified atom stereocenters. The Morgan fingerprint density at radius 1 is 1.04 bits per heavy atom. The van der Waals surface area contributed by atoms with Crippen LogP contribution in [0, 0.1) is 0 Å². The molecule has 0 saturated heterocycles. The minimum atomic E-state index is -3.28. The van der Waals surface area contributed by atoms with Crippen LogP contribution in [0.2, 0.25) is 5.02 Å². The van der Waals surface area contributed by atoms with Gasteiger partial charge in [0.05, 0.1) is 10.6 Å². The van der Waals surface area contributed by atoms with Crippen molar-refractivity contribution in [3.63, 3.8) is 0 Å². The number of nitrogens with zero attached hydrogens (tertiary/aromatic N) is 4. The minimum absolute atomic E-state index is 0.123. The molecule has 0 atom stereocenters. The van der Waals surface area contributed by atoms with Crippen LogP contribution in [-0.2, 0) is 17.2 Å². The van der Waals surface area contributed by atoms with E-state index in [1.54, 1.807) is 49.8 Å². The quantitative estimate of drug-likeness (QED) is 0.576. The van der Waals surface area contributed by atoms with Gasteiger partial charge in [0.25, 0.3) is 5.89 Å². The van der Waals surface area contributed by atoms with Crippen LogP contribution in [0.15, 0.2) is 39.6 Å². The van der Waals surface area contributed by atoms with E-state index in [0.29, 0.717) is 15.6 Å². The van der Waals surface area contributed by atoms with E-state index in [1.807, 2.05) is 6.07 Å². The number of hydrogen-bond acceptors (Lipinski definition) is 6. The molecule has 7 nitrogen and oxygen atoms in total. The molecule has 0 radical (unpaired) electrons. The molecule has 2 aromatic heterocycles. The Kier molecular flexibility index (Phi) is 5.12. The fourth-order valence-corrected chi connectivity index (χ4v) is 4.20. The second kappa shape index (κ2) is 6.88. The number of hydrogen-bond donors (Lipinski definition) is 2. The van der Waals surface area contributed by atoms with Gasteiger partial charge in [0.15, 0.2) is 0 Å². The zero-order valence-electron chi connectivity index (χ0n) is 16.8. The molecule has 28 heavy (non-hydrogen) atoms. The Balaban J connectivity index is 1.99. The first-order valence-corrected chi connectivity index (χ1v) is 10.7. The molecular formula is C19H25ClN4O3S. The van der Waals surface area contributed by atoms with Crippen LogP contribution in [0.1, 0.15) is 46.2 Å². The fraction of sp³-hybridized carbons (Fsp3) is 0.421. The van der Waals surface area contributed by atoms with Gasteiger partial charge in [0.2, 0.25) is 5.89 Å². The van der Waals surface area contributed by atoms with Crippen molar-refractivity contribution < 1.29 is 13.5 Å². The molecule has 0 saturated carbocycles. The van der Waals surface area contributed by atoms with Gasteiger partial charge in [-0.2, -0.15) is 15.7 Å². The van der Waals surface area contributed by atoms with Gasteiger partial charge in [-0.1, -0.05) is 32.4 Å². The summed E-state index contributed by atoms with van der Waals surface area (Å²) in [6.45, 7) is 9.55. The number of aryl methyl sites for hydroxylation is 1. The third kappa shape index (κ3) is 3.57. The molecule has 2 heterocycles. The summed E-state index contributed by atoms with van der Waals surface area (Å²) >= 11 is 5.91. The molecule has 2 N–H and O–H groups in total. The van der Waals surface area contributed by atoms with Crippen molar-refractivity contribution in [2.45, 2.75) is 49.7 Å². The van der Waals surface area contributed by atoms with Crippen molar-refractivity contribution >= 4 is 22.2 Å². The zero-order valence-corrected chi connectivity index (χ0v) is 18.3. The van der Waals surface area contributed by atoms with E-state index < -0.39 is 15.3 Å². The number of halogens is 1. The van der Waals surface area contributed by atoms with E-state index in [0.717, 1.165) is 5.69 Å². The third-order valence-electron chi connectivity index (χ3n) is 4.66. The Morgan fingerprint density at radius 3 is 2.18 bits per heavy atom. The molecule has 0 amide bonds. The standard InChI is InChI=1S/C19H25ClN4O3S/c1-18(2,3)15-11-14(24(6)23-15)16-21-22-17(27-16)19(4,5)28(25,26)13-9-7-12(20)8-10-13/h7-11,25-26H,1-6H3. The summed E-state index contributed by atoms with van der Waals surface area (Å²) in [6, 6.07) is 8.32. The van der Waals surface area contributed by atoms with E-state index in [4.69, 9.17) is 16.0 Å². The summed E-state index contributed by atoms with van der Waals surface area (Å²) in [6.07, 6.45) is 0. The lowest BCUT2D eigenvalue weighted by molar-refractivity contribution is 0.393. The summed E-state index contributed by atoms with van der Waals surface area (Å²) in [7, 11) is -1.48. The molecule has 3 rings (SSSR count). The summed E-state index contributed by atoms with van der Waals surface area (Å²) in [5.41, 5.74) is 1.44. The zero-order chi connectivity index (χ0) is 20.9. The van der Waals surface area contributed by atoms with Crippen molar-refractivity contribution in [3.05, 3.63) is 46.9 Å². The second-order valence-electron chi connectivity index (χ2n) is 8.21. The highest BCUT2D eigenvalue weighted by atomic mass is 35.5. The van der Waals surface area contributed by atoms with Crippen molar-refractivity contribution in [1.82, 2.24) is 20.0 Å². The maximum absolute atomic E-state index is 11.0. The molecule has 0 aliphatic carbocycles. The van der Waals surface area contributed by atoms with Gasteiger partial charge in [-0.05, 0) is 44.2 Å². The lowest BCUT2D eigenvalue weighted by Gasteiger charge is -2.44. The highest BCUT2D eigenvalue weighted by Gasteiger charge is 2.42. The van der Waals surface area contributed by atoms with Crippen molar-refractivity contribution in [1.29, 1.82) is 0 Å². The van der Waals surface area contributed by atoms with Gasteiger partial charge in [-0.15, -0.1) is 10.2 Å². The predicted octanol–water partition coefficient (Wildman–Crippen LogP) is 5.47. The second-order valence-corrected chi connectivity index (χ2v) is 11.2. The summed E-state index contributed by atoms with van der Waals surface area (Å²) < 4.78 is 28.3. The molecule has 0 bridgehead atoms. The van der Waals surface area contributed by atoms with Crippen molar-refractivity contribution in [3.8, 4) is 11.6 Å². The van der Waals surface area contributed by atoms with Crippen molar-refractivity contribution in [2.75, 3.05) is 0 Å². The summed E-state index contributed by atoms with van der Waals surface area (Å²) in [5, 5.41) is 13.3. The molecule has 0 fully saturated rings. The number of benzene rings is 1. The van der Waals surface area contributed by atoms with Crippen LogP contribution in [-0.4, -0.2) is 29.1 Å². The molecular weight excluding hydrogens is 400 g/mol. The Labute approximate surface area is 171 Å². The van der Waals surface area contributed by atoms with Gasteiger partial charge < -0.3 is 4.42 Å². The fourth-order valence-electron chi connectivity index (χ4n) is 2.64. The van der Waals surface area contributed by atoms with Crippen LogP contribution in [0.5, 0.6) is 0 Å². The van der Waals surface area contributed by atoms with Crippen LogP contribution in [0.25, 0.3) is 11.6 Å². The third-order valence-corrected chi connectivity index (χ3v) is 7.44. The predicted molar refractivity (Wildman–Crippen MR) is 111 cm³/mol. The molecule has 3 aromatic rings. The van der Waals surface area contributed by atoms with E-state index in [1.165, 1.54) is 0 Å². The molecule has 1 aromatic carbocycles. The van der Waals surface area contributed by atoms with Crippen LogP contribution < -0.4 is 0 Å². The molecule has 0 aliphatic heterocycles. The van der Waals surface area contributed by atoms with Gasteiger partial charge in [0, 0.05) is 17.5 Å². The van der Waals surface area contributed by atoms with E-state index >= 15 is 0 Å². The van der Waals surface area contributed by atoms with Gasteiger partial charge in [-0.25, -0.2) is 0 Å². The van der Waals surface area contributed by atoms with Gasteiger partial charge >= 0.3 is 0 Å². The topological polar surface area (TPSA) is 97.2 Å². The maximum Gasteiger partial charge on any atom is 0.266 e. The Morgan fingerprint density at radius 2 is 1.64 bits per heavy atom. The van der Waals surface area contributed by atoms with Crippen LogP contribution >= 0.6 is 22.2 Å². The van der Waals surface area contributed by atoms with Crippen molar-refractivity contribution in [2.24, 2.45) is 7.05 Å². The smallest absolute Gasteiger partial charge is 0.266 e. The molecule has 152 valence electrons. The average Bonchev–Trinajstić information content (AvgIpc) is 3.21. The van der Waals surface area contributed by atoms with Crippen LogP contribution in [0.4, 0.5) is 0 Å². The summed E-state index contributed by atoms with van der Waals surface area (Å²) in [5.74, 6) is 0.413. The molecule has 0 spiro atoms. The van der Waals surface area contributed by atoms with E-state index in [-0.39, 0.29) is 17.2 Å². The first-order chi connectivity index (χ1) is 12.8. The minimum Gasteiger partial charge on any atom is -0.417 e. The first-order valence-electron chi connectivity index (χ1n) is 8.76. The SMILES string of the molecule is Cn1nc(C(C)(C)C)cc1-c1nnc(C(C)(C)S(O)(O)c2ccc(Cl)cc2)o1. The Hall–Kier alpha value is -1.87. The molecule has 0 aliphatic rings. The van der Waals surface area contributed by atoms with E-state index in [9.17, 15) is 9.11 Å². The largest absolute Gasteiger partial charge is 0.417 e. The Bertz CT molecular complexity index is 988. The number of aromatic nitrogens is 4. The lowest BCUT2D eigenvalue weighted by atomic mass is 9.92. The normalized spacial score (nSPS) is 13.8. The lowest BCUT2D eigenvalue weighted by Crippen LogP contribution is -2.26. The monoisotopic (exact) mass is 424 g/mol. The van der Waals surface area contributed by atoms with Gasteiger partial charge in [-0.3, -0.25) is 13.8 Å². The first kappa shape index (κ1) is 20.9.